The minimum absolute atomic E-state index is 0.453. The van der Waals surface area contributed by atoms with Crippen molar-refractivity contribution in [1.82, 2.24) is 9.97 Å². The molecule has 1 fully saturated rings. The van der Waals surface area contributed by atoms with E-state index in [-0.39, 0.29) is 0 Å². The fourth-order valence-electron chi connectivity index (χ4n) is 1.79. The molecule has 76 valence electrons. The maximum absolute atomic E-state index is 5.68. The van der Waals surface area contributed by atoms with Crippen LogP contribution in [0.4, 0.5) is 5.82 Å². The summed E-state index contributed by atoms with van der Waals surface area (Å²) in [5.41, 5.74) is 0. The fraction of sp³-hybridized carbons (Fsp3) is 0.600. The van der Waals surface area contributed by atoms with Crippen LogP contribution in [0.5, 0.6) is 0 Å². The van der Waals surface area contributed by atoms with Crippen LogP contribution >= 0.6 is 11.6 Å². The Balaban J connectivity index is 2.13. The minimum atomic E-state index is 0.453. The maximum Gasteiger partial charge on any atom is 0.147 e. The van der Waals surface area contributed by atoms with Gasteiger partial charge >= 0.3 is 0 Å². The highest BCUT2D eigenvalue weighted by atomic mass is 35.5. The monoisotopic (exact) mass is 211 g/mol. The maximum atomic E-state index is 5.68. The van der Waals surface area contributed by atoms with E-state index in [1.807, 2.05) is 0 Å². The molecule has 1 aromatic heterocycles. The summed E-state index contributed by atoms with van der Waals surface area (Å²) < 4.78 is 0. The quantitative estimate of drug-likeness (QED) is 0.714. The summed E-state index contributed by atoms with van der Waals surface area (Å²) in [4.78, 5) is 10.6. The number of anilines is 1. The molecule has 2 rings (SSSR count). The topological polar surface area (TPSA) is 29.0 Å². The van der Waals surface area contributed by atoms with Crippen molar-refractivity contribution in [3.8, 4) is 0 Å². The Labute approximate surface area is 89.1 Å². The molecule has 0 spiro atoms. The van der Waals surface area contributed by atoms with Crippen molar-refractivity contribution in [2.24, 2.45) is 11.8 Å². The first-order valence-corrected chi connectivity index (χ1v) is 5.27. The van der Waals surface area contributed by atoms with E-state index in [0.717, 1.165) is 30.7 Å². The summed E-state index contributed by atoms with van der Waals surface area (Å²) >= 11 is 5.68. The van der Waals surface area contributed by atoms with Crippen LogP contribution in [0.3, 0.4) is 0 Å². The van der Waals surface area contributed by atoms with Crippen LogP contribution in [-0.2, 0) is 0 Å². The van der Waals surface area contributed by atoms with Crippen LogP contribution in [0.2, 0.25) is 5.15 Å². The van der Waals surface area contributed by atoms with Crippen molar-refractivity contribution in [2.75, 3.05) is 18.0 Å². The molecule has 2 unspecified atom stereocenters. The number of nitrogens with zero attached hydrogens (tertiary/aromatic N) is 3. The van der Waals surface area contributed by atoms with Crippen LogP contribution in [0.1, 0.15) is 13.8 Å². The van der Waals surface area contributed by atoms with Crippen molar-refractivity contribution in [2.45, 2.75) is 13.8 Å². The van der Waals surface area contributed by atoms with Crippen LogP contribution in [0.15, 0.2) is 12.4 Å². The first kappa shape index (κ1) is 9.71. The van der Waals surface area contributed by atoms with E-state index in [0.29, 0.717) is 5.15 Å². The van der Waals surface area contributed by atoms with Crippen molar-refractivity contribution in [3.05, 3.63) is 17.5 Å². The molecule has 0 radical (unpaired) electrons. The highest BCUT2D eigenvalue weighted by molar-refractivity contribution is 6.29. The second kappa shape index (κ2) is 3.73. The van der Waals surface area contributed by atoms with E-state index in [9.17, 15) is 0 Å². The molecule has 2 atom stereocenters. The smallest absolute Gasteiger partial charge is 0.147 e. The predicted molar refractivity (Wildman–Crippen MR) is 57.6 cm³/mol. The summed E-state index contributed by atoms with van der Waals surface area (Å²) in [7, 11) is 0. The van der Waals surface area contributed by atoms with E-state index in [4.69, 9.17) is 11.6 Å². The Bertz CT molecular complexity index is 302. The summed E-state index contributed by atoms with van der Waals surface area (Å²) in [6.07, 6.45) is 3.34. The lowest BCUT2D eigenvalue weighted by atomic mass is 10.0. The van der Waals surface area contributed by atoms with Gasteiger partial charge in [-0.25, -0.2) is 9.97 Å². The average molecular weight is 212 g/mol. The van der Waals surface area contributed by atoms with E-state index in [1.165, 1.54) is 0 Å². The lowest BCUT2D eigenvalue weighted by Crippen LogP contribution is -2.20. The number of rotatable bonds is 1. The lowest BCUT2D eigenvalue weighted by Gasteiger charge is -2.15. The second-order valence-electron chi connectivity index (χ2n) is 4.06. The summed E-state index contributed by atoms with van der Waals surface area (Å²) in [5.74, 6) is 2.39. The zero-order valence-electron chi connectivity index (χ0n) is 8.44. The largest absolute Gasteiger partial charge is 0.355 e. The highest BCUT2D eigenvalue weighted by Crippen LogP contribution is 2.25. The van der Waals surface area contributed by atoms with Crippen LogP contribution in [0.25, 0.3) is 0 Å². The zero-order chi connectivity index (χ0) is 10.1. The van der Waals surface area contributed by atoms with Gasteiger partial charge < -0.3 is 4.90 Å². The Morgan fingerprint density at radius 1 is 1.21 bits per heavy atom. The van der Waals surface area contributed by atoms with Crippen molar-refractivity contribution < 1.29 is 0 Å². The van der Waals surface area contributed by atoms with Crippen LogP contribution < -0.4 is 4.90 Å². The molecule has 0 aliphatic carbocycles. The predicted octanol–water partition coefficient (Wildman–Crippen LogP) is 2.22. The summed E-state index contributed by atoms with van der Waals surface area (Å²) in [6, 6.07) is 0. The Morgan fingerprint density at radius 3 is 2.36 bits per heavy atom. The molecule has 3 nitrogen and oxygen atoms in total. The molecular weight excluding hydrogens is 198 g/mol. The fourth-order valence-corrected chi connectivity index (χ4v) is 1.88. The first-order chi connectivity index (χ1) is 6.66. The molecule has 1 saturated heterocycles. The van der Waals surface area contributed by atoms with Crippen LogP contribution in [0, 0.1) is 11.8 Å². The molecule has 0 bridgehead atoms. The molecular formula is C10H14ClN3. The van der Waals surface area contributed by atoms with E-state index < -0.39 is 0 Å². The van der Waals surface area contributed by atoms with Gasteiger partial charge in [0.05, 0.1) is 12.4 Å². The van der Waals surface area contributed by atoms with Gasteiger partial charge in [-0.2, -0.15) is 0 Å². The molecule has 0 aromatic carbocycles. The lowest BCUT2D eigenvalue weighted by molar-refractivity contribution is 0.494. The average Bonchev–Trinajstić information content (AvgIpc) is 2.48. The minimum Gasteiger partial charge on any atom is -0.355 e. The molecule has 4 heteroatoms. The van der Waals surface area contributed by atoms with Gasteiger partial charge in [-0.05, 0) is 11.8 Å². The highest BCUT2D eigenvalue weighted by Gasteiger charge is 2.26. The molecule has 0 amide bonds. The molecule has 1 aromatic rings. The molecule has 0 N–H and O–H groups in total. The van der Waals surface area contributed by atoms with Gasteiger partial charge in [-0.1, -0.05) is 25.4 Å². The summed E-state index contributed by atoms with van der Waals surface area (Å²) in [6.45, 7) is 6.68. The Morgan fingerprint density at radius 2 is 1.86 bits per heavy atom. The third-order valence-electron chi connectivity index (χ3n) is 2.92. The number of aromatic nitrogens is 2. The third-order valence-corrected chi connectivity index (χ3v) is 3.11. The summed E-state index contributed by atoms with van der Waals surface area (Å²) in [5, 5.41) is 0.453. The number of halogens is 1. The number of hydrogen-bond donors (Lipinski definition) is 0. The molecule has 14 heavy (non-hydrogen) atoms. The van der Waals surface area contributed by atoms with Crippen molar-refractivity contribution in [1.29, 1.82) is 0 Å². The van der Waals surface area contributed by atoms with Gasteiger partial charge in [0, 0.05) is 13.1 Å². The molecule has 1 aliphatic rings. The van der Waals surface area contributed by atoms with E-state index >= 15 is 0 Å². The van der Waals surface area contributed by atoms with Crippen molar-refractivity contribution in [3.63, 3.8) is 0 Å². The van der Waals surface area contributed by atoms with Crippen molar-refractivity contribution >= 4 is 17.4 Å². The molecule has 1 aliphatic heterocycles. The SMILES string of the molecule is CC1CN(c2cnc(Cl)cn2)CC1C. The van der Waals surface area contributed by atoms with Gasteiger partial charge in [-0.15, -0.1) is 0 Å². The second-order valence-corrected chi connectivity index (χ2v) is 4.44. The van der Waals surface area contributed by atoms with E-state index in [2.05, 4.69) is 28.7 Å². The van der Waals surface area contributed by atoms with Gasteiger partial charge in [0.2, 0.25) is 0 Å². The normalized spacial score (nSPS) is 26.9. The van der Waals surface area contributed by atoms with Gasteiger partial charge in [-0.3, -0.25) is 0 Å². The van der Waals surface area contributed by atoms with Crippen LogP contribution in [-0.4, -0.2) is 23.1 Å². The number of hydrogen-bond acceptors (Lipinski definition) is 3. The van der Waals surface area contributed by atoms with Gasteiger partial charge in [0.1, 0.15) is 11.0 Å². The van der Waals surface area contributed by atoms with Gasteiger partial charge in [0.25, 0.3) is 0 Å². The third kappa shape index (κ3) is 1.82. The standard InChI is InChI=1S/C10H14ClN3/c1-7-5-14(6-8(7)2)10-4-12-9(11)3-13-10/h3-4,7-8H,5-6H2,1-2H3. The van der Waals surface area contributed by atoms with Gasteiger partial charge in [0.15, 0.2) is 0 Å². The Kier molecular flexibility index (Phi) is 2.59. The first-order valence-electron chi connectivity index (χ1n) is 4.89. The molecule has 0 saturated carbocycles. The van der Waals surface area contributed by atoms with E-state index in [1.54, 1.807) is 12.4 Å². The zero-order valence-corrected chi connectivity index (χ0v) is 9.20. The molecule has 2 heterocycles. The Hall–Kier alpha value is -0.830.